The lowest BCUT2D eigenvalue weighted by Gasteiger charge is -2.17. The van der Waals surface area contributed by atoms with E-state index in [1.54, 1.807) is 22.5 Å². The van der Waals surface area contributed by atoms with Crippen molar-refractivity contribution in [1.82, 2.24) is 4.98 Å². The molecule has 1 saturated heterocycles. The molecule has 1 fully saturated rings. The molecule has 1 aliphatic rings. The van der Waals surface area contributed by atoms with Crippen molar-refractivity contribution in [3.8, 4) is 0 Å². The van der Waals surface area contributed by atoms with Gasteiger partial charge in [0.1, 0.15) is 5.69 Å². The molecule has 1 aliphatic heterocycles. The Labute approximate surface area is 117 Å². The van der Waals surface area contributed by atoms with Crippen LogP contribution < -0.4 is 4.90 Å². The van der Waals surface area contributed by atoms with Crippen LogP contribution in [0.5, 0.6) is 0 Å². The molecule has 7 nitrogen and oxygen atoms in total. The van der Waals surface area contributed by atoms with Gasteiger partial charge >= 0.3 is 11.7 Å². The number of hydrogen-bond acceptors (Lipinski definition) is 6. The van der Waals surface area contributed by atoms with Gasteiger partial charge in [-0.2, -0.15) is 0 Å². The van der Waals surface area contributed by atoms with Gasteiger partial charge in [-0.3, -0.25) is 14.9 Å². The van der Waals surface area contributed by atoms with Crippen molar-refractivity contribution < 1.29 is 14.8 Å². The molecule has 0 amide bonds. The first-order valence-corrected chi connectivity index (χ1v) is 6.94. The highest BCUT2D eigenvalue weighted by Gasteiger charge is 2.32. The van der Waals surface area contributed by atoms with Crippen molar-refractivity contribution in [1.29, 1.82) is 0 Å². The lowest BCUT2D eigenvalue weighted by Crippen LogP contribution is -2.23. The molecule has 1 N–H and O–H groups in total. The third-order valence-corrected chi connectivity index (χ3v) is 4.31. The lowest BCUT2D eigenvalue weighted by molar-refractivity contribution is -0.382. The molecule has 1 aromatic carbocycles. The number of hydrogen-bond donors (Lipinski definition) is 1. The van der Waals surface area contributed by atoms with Gasteiger partial charge in [-0.1, -0.05) is 0 Å². The van der Waals surface area contributed by atoms with E-state index in [4.69, 9.17) is 5.11 Å². The smallest absolute Gasteiger partial charge is 0.319 e. The second-order valence-corrected chi connectivity index (χ2v) is 5.55. The zero-order chi connectivity index (χ0) is 14.3. The van der Waals surface area contributed by atoms with Crippen molar-refractivity contribution in [2.24, 2.45) is 5.92 Å². The molecule has 2 aromatic rings. The number of thiazole rings is 1. The summed E-state index contributed by atoms with van der Waals surface area (Å²) in [5.41, 5.74) is 2.37. The molecule has 0 saturated carbocycles. The highest BCUT2D eigenvalue weighted by molar-refractivity contribution is 7.16. The van der Waals surface area contributed by atoms with Crippen LogP contribution in [-0.4, -0.2) is 34.1 Å². The van der Waals surface area contributed by atoms with Gasteiger partial charge < -0.3 is 10.0 Å². The second-order valence-electron chi connectivity index (χ2n) is 4.66. The monoisotopic (exact) mass is 293 g/mol. The van der Waals surface area contributed by atoms with Crippen molar-refractivity contribution in [2.75, 3.05) is 18.0 Å². The Morgan fingerprint density at radius 2 is 2.35 bits per heavy atom. The van der Waals surface area contributed by atoms with Crippen LogP contribution in [0.1, 0.15) is 6.42 Å². The molecule has 1 aromatic heterocycles. The average molecular weight is 293 g/mol. The maximum absolute atomic E-state index is 11.3. The number of fused-ring (bicyclic) bond motifs is 1. The van der Waals surface area contributed by atoms with E-state index in [2.05, 4.69) is 4.98 Å². The number of carboxylic acids is 1. The quantitative estimate of drug-likeness (QED) is 0.687. The first kappa shape index (κ1) is 12.8. The molecule has 104 valence electrons. The molecule has 0 bridgehead atoms. The molecule has 0 aliphatic carbocycles. The van der Waals surface area contributed by atoms with E-state index in [9.17, 15) is 14.9 Å². The molecule has 3 rings (SSSR count). The molecule has 0 spiro atoms. The van der Waals surface area contributed by atoms with Gasteiger partial charge in [-0.25, -0.2) is 4.98 Å². The van der Waals surface area contributed by atoms with Gasteiger partial charge in [-0.05, 0) is 18.6 Å². The number of rotatable bonds is 3. The van der Waals surface area contributed by atoms with Crippen LogP contribution in [-0.2, 0) is 4.79 Å². The number of nitrogens with zero attached hydrogens (tertiary/aromatic N) is 3. The molecule has 0 radical (unpaired) electrons. The van der Waals surface area contributed by atoms with Crippen LogP contribution in [0.3, 0.4) is 0 Å². The van der Waals surface area contributed by atoms with Crippen molar-refractivity contribution in [3.05, 3.63) is 27.8 Å². The van der Waals surface area contributed by atoms with Gasteiger partial charge in [0, 0.05) is 13.1 Å². The summed E-state index contributed by atoms with van der Waals surface area (Å²) in [6.45, 7) is 0.805. The number of nitro groups is 1. The largest absolute Gasteiger partial charge is 0.481 e. The van der Waals surface area contributed by atoms with E-state index in [1.165, 1.54) is 11.3 Å². The minimum Gasteiger partial charge on any atom is -0.481 e. The predicted molar refractivity (Wildman–Crippen MR) is 74.2 cm³/mol. The third kappa shape index (κ3) is 1.97. The molecule has 8 heteroatoms. The van der Waals surface area contributed by atoms with E-state index < -0.39 is 16.8 Å². The van der Waals surface area contributed by atoms with Crippen LogP contribution in [0.4, 0.5) is 11.4 Å². The standard InChI is InChI=1S/C12H11N3O4S/c16-12(17)7-3-4-14(5-7)8-1-2-9-10(13-6-20-9)11(8)15(18)19/h1-2,6-7H,3-5H2,(H,16,17). The summed E-state index contributed by atoms with van der Waals surface area (Å²) in [7, 11) is 0. The molecule has 20 heavy (non-hydrogen) atoms. The number of carbonyl (C=O) groups is 1. The molecule has 1 atom stereocenters. The van der Waals surface area contributed by atoms with Crippen LogP contribution >= 0.6 is 11.3 Å². The Hall–Kier alpha value is -2.22. The lowest BCUT2D eigenvalue weighted by atomic mass is 10.1. The Morgan fingerprint density at radius 3 is 3.00 bits per heavy atom. The summed E-state index contributed by atoms with van der Waals surface area (Å²) >= 11 is 1.35. The van der Waals surface area contributed by atoms with Crippen molar-refractivity contribution in [3.63, 3.8) is 0 Å². The first-order valence-electron chi connectivity index (χ1n) is 6.06. The highest BCUT2D eigenvalue weighted by Crippen LogP contribution is 2.38. The number of aliphatic carboxylic acids is 1. The van der Waals surface area contributed by atoms with Crippen molar-refractivity contribution in [2.45, 2.75) is 6.42 Å². The topological polar surface area (TPSA) is 96.6 Å². The molecular formula is C12H11N3O4S. The summed E-state index contributed by atoms with van der Waals surface area (Å²) in [4.78, 5) is 27.7. The Bertz CT molecular complexity index is 699. The summed E-state index contributed by atoms with van der Waals surface area (Å²) in [5, 5.41) is 20.4. The number of aromatic nitrogens is 1. The van der Waals surface area contributed by atoms with E-state index in [1.807, 2.05) is 0 Å². The number of carboxylic acid groups (broad SMARTS) is 1. The van der Waals surface area contributed by atoms with Gasteiger partial charge in [-0.15, -0.1) is 11.3 Å². The first-order chi connectivity index (χ1) is 9.58. The average Bonchev–Trinajstić information content (AvgIpc) is 3.05. The third-order valence-electron chi connectivity index (χ3n) is 3.52. The summed E-state index contributed by atoms with van der Waals surface area (Å²) in [5.74, 6) is -1.33. The van der Waals surface area contributed by atoms with Gasteiger partial charge in [0.2, 0.25) is 0 Å². The van der Waals surface area contributed by atoms with Crippen LogP contribution in [0, 0.1) is 16.0 Å². The predicted octanol–water partition coefficient (Wildman–Crippen LogP) is 2.12. The zero-order valence-corrected chi connectivity index (χ0v) is 11.2. The number of anilines is 1. The van der Waals surface area contributed by atoms with E-state index in [0.29, 0.717) is 30.7 Å². The fraction of sp³-hybridized carbons (Fsp3) is 0.333. The number of nitro benzene ring substituents is 1. The van der Waals surface area contributed by atoms with Crippen LogP contribution in [0.15, 0.2) is 17.6 Å². The van der Waals surface area contributed by atoms with E-state index in [-0.39, 0.29) is 5.69 Å². The minimum atomic E-state index is -0.857. The highest BCUT2D eigenvalue weighted by atomic mass is 32.1. The van der Waals surface area contributed by atoms with Crippen LogP contribution in [0.25, 0.3) is 10.2 Å². The zero-order valence-electron chi connectivity index (χ0n) is 10.4. The maximum Gasteiger partial charge on any atom is 0.319 e. The fourth-order valence-corrected chi connectivity index (χ4v) is 3.20. The SMILES string of the molecule is O=C(O)C1CCN(c2ccc3scnc3c2[N+](=O)[O-])C1. The summed E-state index contributed by atoms with van der Waals surface area (Å²) < 4.78 is 0.759. The molecule has 1 unspecified atom stereocenters. The molecule has 2 heterocycles. The maximum atomic E-state index is 11.3. The number of benzene rings is 1. The van der Waals surface area contributed by atoms with E-state index in [0.717, 1.165) is 4.70 Å². The Morgan fingerprint density at radius 1 is 1.55 bits per heavy atom. The second kappa shape index (κ2) is 4.71. The Kier molecular flexibility index (Phi) is 3.01. The summed E-state index contributed by atoms with van der Waals surface area (Å²) in [6, 6.07) is 3.48. The van der Waals surface area contributed by atoms with Crippen LogP contribution in [0.2, 0.25) is 0 Å². The van der Waals surface area contributed by atoms with E-state index >= 15 is 0 Å². The fourth-order valence-electron chi connectivity index (χ4n) is 2.52. The molecular weight excluding hydrogens is 282 g/mol. The minimum absolute atomic E-state index is 0.0326. The van der Waals surface area contributed by atoms with Gasteiger partial charge in [0.15, 0.2) is 5.52 Å². The van der Waals surface area contributed by atoms with Gasteiger partial charge in [0.25, 0.3) is 0 Å². The Balaban J connectivity index is 2.05. The van der Waals surface area contributed by atoms with Crippen molar-refractivity contribution >= 4 is 38.9 Å². The normalized spacial score (nSPS) is 18.6. The van der Waals surface area contributed by atoms with Gasteiger partial charge in [0.05, 0.1) is 21.1 Å². The summed E-state index contributed by atoms with van der Waals surface area (Å²) in [6.07, 6.45) is 0.502.